The Labute approximate surface area is 208 Å². The van der Waals surface area contributed by atoms with Gasteiger partial charge in [0.15, 0.2) is 0 Å². The van der Waals surface area contributed by atoms with Gasteiger partial charge in [0.2, 0.25) is 0 Å². The average molecular weight is 492 g/mol. The Balaban J connectivity index is 1.36. The number of halogens is 2. The summed E-state index contributed by atoms with van der Waals surface area (Å²) in [6, 6.07) is 27.6. The summed E-state index contributed by atoms with van der Waals surface area (Å²) in [5.41, 5.74) is 3.13. The molecule has 1 saturated heterocycles. The molecule has 7 heteroatoms. The van der Waals surface area contributed by atoms with Crippen LogP contribution in [0.25, 0.3) is 0 Å². The minimum atomic E-state index is -0.516. The zero-order valence-electron chi connectivity index (χ0n) is 18.4. The van der Waals surface area contributed by atoms with Crippen molar-refractivity contribution in [3.63, 3.8) is 0 Å². The van der Waals surface area contributed by atoms with Gasteiger partial charge in [0.1, 0.15) is 10.7 Å². The van der Waals surface area contributed by atoms with Gasteiger partial charge in [-0.05, 0) is 29.3 Å². The summed E-state index contributed by atoms with van der Waals surface area (Å²) < 4.78 is 0. The fourth-order valence-corrected chi connectivity index (χ4v) is 5.17. The predicted octanol–water partition coefficient (Wildman–Crippen LogP) is 5.07. The lowest BCUT2D eigenvalue weighted by Crippen LogP contribution is -2.48. The Hall–Kier alpha value is -3.12. The number of imide groups is 1. The largest absolute Gasteiger partial charge is 0.363 e. The van der Waals surface area contributed by atoms with Crippen LogP contribution in [0, 0.1) is 0 Å². The molecule has 5 nitrogen and oxygen atoms in total. The highest BCUT2D eigenvalue weighted by atomic mass is 35.5. The minimum absolute atomic E-state index is 0.0407. The molecule has 3 aromatic carbocycles. The normalized spacial score (nSPS) is 17.3. The molecule has 172 valence electrons. The Morgan fingerprint density at radius 3 is 1.82 bits per heavy atom. The van der Waals surface area contributed by atoms with Crippen molar-refractivity contribution in [3.8, 4) is 0 Å². The van der Waals surface area contributed by atoms with Crippen LogP contribution in [0.15, 0.2) is 95.7 Å². The molecule has 2 heterocycles. The summed E-state index contributed by atoms with van der Waals surface area (Å²) in [5, 5.41) is 0.408. The highest BCUT2D eigenvalue weighted by molar-refractivity contribution is 6.52. The Morgan fingerprint density at radius 2 is 1.26 bits per heavy atom. The smallest absolute Gasteiger partial charge is 0.283 e. The lowest BCUT2D eigenvalue weighted by atomic mass is 9.96. The first-order chi connectivity index (χ1) is 16.5. The van der Waals surface area contributed by atoms with E-state index in [1.54, 1.807) is 24.3 Å². The van der Waals surface area contributed by atoms with Crippen LogP contribution in [-0.4, -0.2) is 47.8 Å². The highest BCUT2D eigenvalue weighted by Gasteiger charge is 2.42. The number of carbonyl (C=O) groups excluding carboxylic acids is 2. The SMILES string of the molecule is O=C1C(Cl)=C(N2CCN(C(c3ccccc3)c3ccccc3)CC2)C(=O)N1c1cccc(Cl)c1. The molecule has 0 saturated carbocycles. The zero-order valence-corrected chi connectivity index (χ0v) is 19.9. The third kappa shape index (κ3) is 4.23. The van der Waals surface area contributed by atoms with Crippen LogP contribution in [0.2, 0.25) is 5.02 Å². The molecule has 0 aliphatic carbocycles. The van der Waals surface area contributed by atoms with Gasteiger partial charge in [0.25, 0.3) is 11.8 Å². The summed E-state index contributed by atoms with van der Waals surface area (Å²) in [4.78, 5) is 31.6. The number of rotatable bonds is 5. The molecular weight excluding hydrogens is 469 g/mol. The van der Waals surface area contributed by atoms with Crippen LogP contribution in [0.1, 0.15) is 17.2 Å². The van der Waals surface area contributed by atoms with Crippen LogP contribution in [0.4, 0.5) is 5.69 Å². The Kier molecular flexibility index (Phi) is 6.42. The molecule has 5 rings (SSSR count). The first-order valence-electron chi connectivity index (χ1n) is 11.2. The van der Waals surface area contributed by atoms with Gasteiger partial charge in [-0.25, -0.2) is 4.90 Å². The second-order valence-electron chi connectivity index (χ2n) is 8.34. The summed E-state index contributed by atoms with van der Waals surface area (Å²) in [5.74, 6) is -0.925. The van der Waals surface area contributed by atoms with Crippen LogP contribution >= 0.6 is 23.2 Å². The van der Waals surface area contributed by atoms with Gasteiger partial charge in [-0.2, -0.15) is 0 Å². The van der Waals surface area contributed by atoms with Crippen molar-refractivity contribution in [1.29, 1.82) is 0 Å². The molecule has 0 N–H and O–H groups in total. The molecule has 0 spiro atoms. The third-order valence-electron chi connectivity index (χ3n) is 6.30. The quantitative estimate of drug-likeness (QED) is 0.467. The molecule has 3 aromatic rings. The van der Waals surface area contributed by atoms with Gasteiger partial charge >= 0.3 is 0 Å². The Morgan fingerprint density at radius 1 is 0.676 bits per heavy atom. The number of hydrogen-bond donors (Lipinski definition) is 0. The molecule has 1 fully saturated rings. The number of nitrogens with zero attached hydrogens (tertiary/aromatic N) is 3. The maximum absolute atomic E-state index is 13.3. The van der Waals surface area contributed by atoms with Crippen LogP contribution in [0.5, 0.6) is 0 Å². The lowest BCUT2D eigenvalue weighted by molar-refractivity contribution is -0.121. The van der Waals surface area contributed by atoms with E-state index in [0.29, 0.717) is 23.8 Å². The number of hydrogen-bond acceptors (Lipinski definition) is 4. The Bertz CT molecular complexity index is 1200. The van der Waals surface area contributed by atoms with Crippen molar-refractivity contribution in [2.75, 3.05) is 31.1 Å². The van der Waals surface area contributed by atoms with E-state index in [1.807, 2.05) is 17.0 Å². The van der Waals surface area contributed by atoms with E-state index in [-0.39, 0.29) is 16.8 Å². The van der Waals surface area contributed by atoms with Crippen LogP contribution in [0.3, 0.4) is 0 Å². The van der Waals surface area contributed by atoms with Crippen LogP contribution in [-0.2, 0) is 9.59 Å². The van der Waals surface area contributed by atoms with E-state index in [4.69, 9.17) is 23.2 Å². The first-order valence-corrected chi connectivity index (χ1v) is 11.9. The number of benzene rings is 3. The molecule has 2 amide bonds. The van der Waals surface area contributed by atoms with E-state index >= 15 is 0 Å². The lowest BCUT2D eigenvalue weighted by Gasteiger charge is -2.40. The van der Waals surface area contributed by atoms with Gasteiger partial charge in [-0.15, -0.1) is 0 Å². The molecule has 2 aliphatic rings. The van der Waals surface area contributed by atoms with E-state index in [9.17, 15) is 9.59 Å². The van der Waals surface area contributed by atoms with Crippen molar-refractivity contribution in [3.05, 3.63) is 112 Å². The van der Waals surface area contributed by atoms with Crippen molar-refractivity contribution < 1.29 is 9.59 Å². The van der Waals surface area contributed by atoms with Crippen molar-refractivity contribution in [2.24, 2.45) is 0 Å². The van der Waals surface area contributed by atoms with Crippen molar-refractivity contribution >= 4 is 40.7 Å². The van der Waals surface area contributed by atoms with E-state index in [1.165, 1.54) is 11.1 Å². The minimum Gasteiger partial charge on any atom is -0.363 e. The molecule has 2 aliphatic heterocycles. The summed E-state index contributed by atoms with van der Waals surface area (Å²) in [6.07, 6.45) is 0. The van der Waals surface area contributed by atoms with Crippen molar-refractivity contribution in [1.82, 2.24) is 9.80 Å². The summed E-state index contributed by atoms with van der Waals surface area (Å²) >= 11 is 12.5. The number of anilines is 1. The fraction of sp³-hybridized carbons (Fsp3) is 0.185. The molecule has 0 unspecified atom stereocenters. The predicted molar refractivity (Wildman–Crippen MR) is 135 cm³/mol. The number of piperazine rings is 1. The number of carbonyl (C=O) groups is 2. The average Bonchev–Trinajstić information content (AvgIpc) is 3.09. The van der Waals surface area contributed by atoms with Crippen molar-refractivity contribution in [2.45, 2.75) is 6.04 Å². The van der Waals surface area contributed by atoms with E-state index < -0.39 is 11.8 Å². The number of amides is 2. The third-order valence-corrected chi connectivity index (χ3v) is 6.87. The highest BCUT2D eigenvalue weighted by Crippen LogP contribution is 2.34. The molecule has 0 aromatic heterocycles. The van der Waals surface area contributed by atoms with Gasteiger partial charge < -0.3 is 4.90 Å². The molecule has 0 atom stereocenters. The maximum atomic E-state index is 13.3. The molecule has 34 heavy (non-hydrogen) atoms. The first kappa shape index (κ1) is 22.7. The second-order valence-corrected chi connectivity index (χ2v) is 9.15. The zero-order chi connectivity index (χ0) is 23.7. The van der Waals surface area contributed by atoms with Gasteiger partial charge in [0, 0.05) is 31.2 Å². The molecule has 0 bridgehead atoms. The van der Waals surface area contributed by atoms with E-state index in [0.717, 1.165) is 18.0 Å². The molecule has 0 radical (unpaired) electrons. The monoisotopic (exact) mass is 491 g/mol. The summed E-state index contributed by atoms with van der Waals surface area (Å²) in [6.45, 7) is 2.62. The van der Waals surface area contributed by atoms with Crippen LogP contribution < -0.4 is 4.90 Å². The summed E-state index contributed by atoms with van der Waals surface area (Å²) in [7, 11) is 0. The topological polar surface area (TPSA) is 43.9 Å². The van der Waals surface area contributed by atoms with E-state index in [2.05, 4.69) is 53.4 Å². The van der Waals surface area contributed by atoms with Gasteiger partial charge in [-0.3, -0.25) is 14.5 Å². The second kappa shape index (κ2) is 9.63. The maximum Gasteiger partial charge on any atom is 0.283 e. The molecular formula is C27H23Cl2N3O2. The van der Waals surface area contributed by atoms with Gasteiger partial charge in [-0.1, -0.05) is 89.9 Å². The van der Waals surface area contributed by atoms with Gasteiger partial charge in [0.05, 0.1) is 11.7 Å². The standard InChI is InChI=1S/C27H23Cl2N3O2/c28-21-12-7-13-22(18-21)32-26(33)23(29)25(27(32)34)31-16-14-30(15-17-31)24(19-8-3-1-4-9-19)20-10-5-2-6-11-20/h1-13,18,24H,14-17H2. The fourth-order valence-electron chi connectivity index (χ4n) is 4.70.